The molecule has 0 aliphatic heterocycles. The van der Waals surface area contributed by atoms with Crippen molar-refractivity contribution in [3.05, 3.63) is 70.4 Å². The van der Waals surface area contributed by atoms with Crippen molar-refractivity contribution in [2.24, 2.45) is 0 Å². The van der Waals surface area contributed by atoms with E-state index in [0.29, 0.717) is 23.9 Å². The standard InChI is InChI=1S/C18H15F3N2O2S2/c19-18(20,21)13-5-6-16(22-9-13)27-12-17(24)23(10-14-3-1-7-25-14)11-15-4-2-8-26-15/h1-9H,10-12H2. The molecule has 0 bridgehead atoms. The van der Waals surface area contributed by atoms with Gasteiger partial charge in [0, 0.05) is 11.1 Å². The molecule has 4 nitrogen and oxygen atoms in total. The number of furan rings is 1. The number of thioether (sulfide) groups is 1. The number of rotatable bonds is 7. The first-order chi connectivity index (χ1) is 12.9. The molecule has 0 aliphatic rings. The van der Waals surface area contributed by atoms with Gasteiger partial charge in [-0.1, -0.05) is 17.8 Å². The number of thiophene rings is 1. The lowest BCUT2D eigenvalue weighted by Gasteiger charge is -2.21. The van der Waals surface area contributed by atoms with Crippen LogP contribution in [0.4, 0.5) is 13.2 Å². The summed E-state index contributed by atoms with van der Waals surface area (Å²) >= 11 is 2.65. The summed E-state index contributed by atoms with van der Waals surface area (Å²) in [7, 11) is 0. The van der Waals surface area contributed by atoms with Crippen molar-refractivity contribution in [2.45, 2.75) is 24.3 Å². The number of amides is 1. The summed E-state index contributed by atoms with van der Waals surface area (Å²) in [5.41, 5.74) is -0.810. The Balaban J connectivity index is 1.63. The average molecular weight is 412 g/mol. The summed E-state index contributed by atoms with van der Waals surface area (Å²) in [6.07, 6.45) is -2.10. The molecule has 0 radical (unpaired) electrons. The summed E-state index contributed by atoms with van der Waals surface area (Å²) in [6.45, 7) is 0.767. The smallest absolute Gasteiger partial charge is 0.417 e. The maximum atomic E-state index is 12.7. The second kappa shape index (κ2) is 8.62. The van der Waals surface area contributed by atoms with Crippen LogP contribution in [0.3, 0.4) is 0 Å². The van der Waals surface area contributed by atoms with E-state index < -0.39 is 11.7 Å². The maximum absolute atomic E-state index is 12.7. The van der Waals surface area contributed by atoms with Crippen LogP contribution >= 0.6 is 23.1 Å². The Labute approximate surface area is 162 Å². The first-order valence-corrected chi connectivity index (χ1v) is 9.77. The number of nitrogens with zero attached hydrogens (tertiary/aromatic N) is 2. The highest BCUT2D eigenvalue weighted by Gasteiger charge is 2.30. The fourth-order valence-electron chi connectivity index (χ4n) is 2.27. The number of pyridine rings is 1. The van der Waals surface area contributed by atoms with Crippen molar-refractivity contribution in [3.8, 4) is 0 Å². The van der Waals surface area contributed by atoms with Gasteiger partial charge >= 0.3 is 6.18 Å². The summed E-state index contributed by atoms with van der Waals surface area (Å²) in [6, 6.07) is 9.64. The molecule has 142 valence electrons. The molecule has 0 aliphatic carbocycles. The minimum atomic E-state index is -4.42. The molecule has 0 spiro atoms. The second-order valence-corrected chi connectivity index (χ2v) is 7.61. The lowest BCUT2D eigenvalue weighted by atomic mass is 10.3. The highest BCUT2D eigenvalue weighted by atomic mass is 32.2. The predicted molar refractivity (Wildman–Crippen MR) is 97.2 cm³/mol. The first-order valence-electron chi connectivity index (χ1n) is 7.90. The Bertz CT molecular complexity index is 812. The average Bonchev–Trinajstić information content (AvgIpc) is 3.33. The molecule has 27 heavy (non-hydrogen) atoms. The van der Waals surface area contributed by atoms with Crippen molar-refractivity contribution in [1.82, 2.24) is 9.88 Å². The van der Waals surface area contributed by atoms with Gasteiger partial charge in [0.1, 0.15) is 5.76 Å². The molecule has 0 atom stereocenters. The third kappa shape index (κ3) is 5.61. The van der Waals surface area contributed by atoms with Crippen molar-refractivity contribution >= 4 is 29.0 Å². The Hall–Kier alpha value is -2.26. The van der Waals surface area contributed by atoms with E-state index in [4.69, 9.17) is 4.42 Å². The van der Waals surface area contributed by atoms with Gasteiger partial charge in [-0.05, 0) is 35.7 Å². The molecule has 3 aromatic heterocycles. The SMILES string of the molecule is O=C(CSc1ccc(C(F)(F)F)cn1)N(Cc1ccco1)Cc1cccs1. The molecule has 1 amide bonds. The maximum Gasteiger partial charge on any atom is 0.417 e. The van der Waals surface area contributed by atoms with Crippen molar-refractivity contribution in [1.29, 1.82) is 0 Å². The zero-order valence-electron chi connectivity index (χ0n) is 14.0. The molecule has 0 N–H and O–H groups in total. The Morgan fingerprint density at radius 3 is 2.63 bits per heavy atom. The molecule has 9 heteroatoms. The van der Waals surface area contributed by atoms with Gasteiger partial charge in [0.15, 0.2) is 0 Å². The van der Waals surface area contributed by atoms with Gasteiger partial charge in [-0.25, -0.2) is 4.98 Å². The van der Waals surface area contributed by atoms with Gasteiger partial charge in [0.25, 0.3) is 0 Å². The van der Waals surface area contributed by atoms with Gasteiger partial charge in [-0.3, -0.25) is 4.79 Å². The highest BCUT2D eigenvalue weighted by molar-refractivity contribution is 7.99. The van der Waals surface area contributed by atoms with E-state index in [-0.39, 0.29) is 11.7 Å². The largest absolute Gasteiger partial charge is 0.467 e. The van der Waals surface area contributed by atoms with E-state index in [9.17, 15) is 18.0 Å². The third-order valence-electron chi connectivity index (χ3n) is 3.61. The number of aromatic nitrogens is 1. The van der Waals surface area contributed by atoms with Crippen LogP contribution in [0.25, 0.3) is 0 Å². The van der Waals surface area contributed by atoms with Gasteiger partial charge in [-0.2, -0.15) is 13.2 Å². The van der Waals surface area contributed by atoms with Crippen LogP contribution in [0.15, 0.2) is 63.7 Å². The minimum absolute atomic E-state index is 0.0739. The predicted octanol–water partition coefficient (Wildman–Crippen LogP) is 5.08. The number of alkyl halides is 3. The molecule has 0 unspecified atom stereocenters. The number of carbonyl (C=O) groups is 1. The van der Waals surface area contributed by atoms with E-state index in [1.807, 2.05) is 17.5 Å². The van der Waals surface area contributed by atoms with Crippen LogP contribution in [0.2, 0.25) is 0 Å². The molecule has 0 fully saturated rings. The molecule has 3 aromatic rings. The number of hydrogen-bond donors (Lipinski definition) is 0. The molecule has 0 aromatic carbocycles. The number of hydrogen-bond acceptors (Lipinski definition) is 5. The zero-order chi connectivity index (χ0) is 19.3. The van der Waals surface area contributed by atoms with Crippen molar-refractivity contribution in [2.75, 3.05) is 5.75 Å². The summed E-state index contributed by atoms with van der Waals surface area (Å²) in [4.78, 5) is 19.1. The fraction of sp³-hybridized carbons (Fsp3) is 0.222. The van der Waals surface area contributed by atoms with E-state index in [1.54, 1.807) is 34.6 Å². The molecule has 3 heterocycles. The number of halogens is 3. The van der Waals surface area contributed by atoms with Gasteiger partial charge in [0.05, 0.1) is 35.7 Å². The van der Waals surface area contributed by atoms with E-state index >= 15 is 0 Å². The third-order valence-corrected chi connectivity index (χ3v) is 5.40. The molecule has 3 rings (SSSR count). The van der Waals surface area contributed by atoms with E-state index in [1.165, 1.54) is 6.07 Å². The molecule has 0 saturated carbocycles. The first kappa shape index (κ1) is 19.5. The minimum Gasteiger partial charge on any atom is -0.467 e. The van der Waals surface area contributed by atoms with Crippen LogP contribution in [-0.4, -0.2) is 21.5 Å². The lowest BCUT2D eigenvalue weighted by molar-refractivity contribution is -0.138. The van der Waals surface area contributed by atoms with Crippen LogP contribution in [-0.2, 0) is 24.1 Å². The zero-order valence-corrected chi connectivity index (χ0v) is 15.6. The Kier molecular flexibility index (Phi) is 6.22. The van der Waals surface area contributed by atoms with E-state index in [2.05, 4.69) is 4.98 Å². The van der Waals surface area contributed by atoms with Crippen LogP contribution in [0.1, 0.15) is 16.2 Å². The molecule has 0 saturated heterocycles. The normalized spacial score (nSPS) is 11.5. The van der Waals surface area contributed by atoms with Gasteiger partial charge < -0.3 is 9.32 Å². The van der Waals surface area contributed by atoms with Crippen LogP contribution in [0, 0.1) is 0 Å². The van der Waals surface area contributed by atoms with E-state index in [0.717, 1.165) is 28.9 Å². The monoisotopic (exact) mass is 412 g/mol. The van der Waals surface area contributed by atoms with Crippen LogP contribution in [0.5, 0.6) is 0 Å². The van der Waals surface area contributed by atoms with Crippen LogP contribution < -0.4 is 0 Å². The molecular weight excluding hydrogens is 397 g/mol. The Morgan fingerprint density at radius 2 is 2.04 bits per heavy atom. The molecular formula is C18H15F3N2O2S2. The summed E-state index contributed by atoms with van der Waals surface area (Å²) in [5, 5.41) is 2.30. The van der Waals surface area contributed by atoms with Crippen molar-refractivity contribution in [3.63, 3.8) is 0 Å². The van der Waals surface area contributed by atoms with Crippen molar-refractivity contribution < 1.29 is 22.4 Å². The lowest BCUT2D eigenvalue weighted by Crippen LogP contribution is -2.31. The summed E-state index contributed by atoms with van der Waals surface area (Å²) < 4.78 is 43.1. The number of carbonyl (C=O) groups excluding carboxylic acids is 1. The van der Waals surface area contributed by atoms with Gasteiger partial charge in [-0.15, -0.1) is 11.3 Å². The highest BCUT2D eigenvalue weighted by Crippen LogP contribution is 2.29. The van der Waals surface area contributed by atoms with Gasteiger partial charge in [0.2, 0.25) is 5.91 Å². The fourth-order valence-corrected chi connectivity index (χ4v) is 3.74. The second-order valence-electron chi connectivity index (χ2n) is 5.58. The summed E-state index contributed by atoms with van der Waals surface area (Å²) in [5.74, 6) is 0.592. The Morgan fingerprint density at radius 1 is 1.19 bits per heavy atom. The quantitative estimate of drug-likeness (QED) is 0.508. The topological polar surface area (TPSA) is 46.3 Å².